The summed E-state index contributed by atoms with van der Waals surface area (Å²) in [5.41, 5.74) is 0.529. The maximum absolute atomic E-state index is 12.7. The van der Waals surface area contributed by atoms with E-state index in [0.29, 0.717) is 35.6 Å². The molecule has 7 nitrogen and oxygen atoms in total. The predicted octanol–water partition coefficient (Wildman–Crippen LogP) is 1.77. The third-order valence-corrected chi connectivity index (χ3v) is 4.58. The molecule has 24 heavy (non-hydrogen) atoms. The van der Waals surface area contributed by atoms with Gasteiger partial charge < -0.3 is 15.6 Å². The van der Waals surface area contributed by atoms with Crippen molar-refractivity contribution in [1.82, 2.24) is 25.6 Å². The Hall–Kier alpha value is -2.44. The topological polar surface area (TPSA) is 99.8 Å². The lowest BCUT2D eigenvalue weighted by Gasteiger charge is -2.31. The van der Waals surface area contributed by atoms with Gasteiger partial charge in [-0.1, -0.05) is 6.92 Å². The van der Waals surface area contributed by atoms with E-state index >= 15 is 0 Å². The van der Waals surface area contributed by atoms with E-state index in [1.165, 1.54) is 6.33 Å². The lowest BCUT2D eigenvalue weighted by molar-refractivity contribution is -0.121. The number of fused-ring (bicyclic) bond motifs is 1. The Balaban J connectivity index is 1.74. The predicted molar refractivity (Wildman–Crippen MR) is 90.4 cm³/mol. The third kappa shape index (κ3) is 3.39. The summed E-state index contributed by atoms with van der Waals surface area (Å²) in [6.07, 6.45) is 6.55. The summed E-state index contributed by atoms with van der Waals surface area (Å²) in [7, 11) is 0. The molecule has 2 aromatic rings. The fraction of sp³-hybridized carbons (Fsp3) is 0.529. The number of hydrogen-bond donors (Lipinski definition) is 3. The molecule has 0 saturated heterocycles. The summed E-state index contributed by atoms with van der Waals surface area (Å²) in [6.45, 7) is 4.40. The number of amides is 2. The van der Waals surface area contributed by atoms with Crippen LogP contribution in [0.15, 0.2) is 18.6 Å². The van der Waals surface area contributed by atoms with Gasteiger partial charge in [-0.2, -0.15) is 0 Å². The minimum atomic E-state index is -0.464. The second-order valence-corrected chi connectivity index (χ2v) is 6.63. The smallest absolute Gasteiger partial charge is 0.271 e. The molecule has 1 aliphatic rings. The fourth-order valence-corrected chi connectivity index (χ4v) is 2.98. The Bertz CT molecular complexity index is 752. The van der Waals surface area contributed by atoms with E-state index in [1.54, 1.807) is 12.3 Å². The molecule has 0 spiro atoms. The Morgan fingerprint density at radius 3 is 2.88 bits per heavy atom. The van der Waals surface area contributed by atoms with E-state index in [2.05, 4.69) is 25.6 Å². The molecule has 2 heterocycles. The molecule has 0 radical (unpaired) electrons. The summed E-state index contributed by atoms with van der Waals surface area (Å²) >= 11 is 0. The minimum absolute atomic E-state index is 0.0219. The van der Waals surface area contributed by atoms with Crippen LogP contribution in [0.5, 0.6) is 0 Å². The lowest BCUT2D eigenvalue weighted by atomic mass is 9.95. The average Bonchev–Trinajstić information content (AvgIpc) is 3.31. The quantitative estimate of drug-likeness (QED) is 0.721. The molecule has 0 aliphatic heterocycles. The normalized spacial score (nSPS) is 16.6. The van der Waals surface area contributed by atoms with Crippen molar-refractivity contribution in [2.24, 2.45) is 5.92 Å². The first-order valence-corrected chi connectivity index (χ1v) is 8.41. The fourth-order valence-electron chi connectivity index (χ4n) is 2.98. The van der Waals surface area contributed by atoms with E-state index in [-0.39, 0.29) is 11.8 Å². The molecule has 1 atom stereocenters. The zero-order valence-electron chi connectivity index (χ0n) is 14.1. The summed E-state index contributed by atoms with van der Waals surface area (Å²) in [5.74, 6) is 0.168. The number of nitrogens with one attached hydrogen (secondary N) is 3. The Kier molecular flexibility index (Phi) is 4.51. The van der Waals surface area contributed by atoms with Gasteiger partial charge >= 0.3 is 0 Å². The van der Waals surface area contributed by atoms with Gasteiger partial charge in [-0.15, -0.1) is 0 Å². The maximum Gasteiger partial charge on any atom is 0.271 e. The first-order valence-electron chi connectivity index (χ1n) is 8.41. The van der Waals surface area contributed by atoms with Gasteiger partial charge in [0.05, 0.1) is 10.9 Å². The van der Waals surface area contributed by atoms with E-state index in [1.807, 2.05) is 13.8 Å². The van der Waals surface area contributed by atoms with Gasteiger partial charge in [-0.25, -0.2) is 9.97 Å². The van der Waals surface area contributed by atoms with Crippen LogP contribution in [-0.2, 0) is 4.79 Å². The van der Waals surface area contributed by atoms with Gasteiger partial charge in [0, 0.05) is 19.2 Å². The van der Waals surface area contributed by atoms with Gasteiger partial charge in [0.1, 0.15) is 17.7 Å². The summed E-state index contributed by atoms with van der Waals surface area (Å²) in [5, 5.41) is 6.73. The van der Waals surface area contributed by atoms with Crippen LogP contribution in [0.3, 0.4) is 0 Å². The van der Waals surface area contributed by atoms with Gasteiger partial charge in [0.25, 0.3) is 5.91 Å². The summed E-state index contributed by atoms with van der Waals surface area (Å²) < 4.78 is 0. The minimum Gasteiger partial charge on any atom is -0.354 e. The molecule has 3 N–H and O–H groups in total. The Labute approximate surface area is 140 Å². The summed E-state index contributed by atoms with van der Waals surface area (Å²) in [4.78, 5) is 35.7. The first kappa shape index (κ1) is 16.4. The Morgan fingerprint density at radius 1 is 1.38 bits per heavy atom. The van der Waals surface area contributed by atoms with Crippen LogP contribution in [0.1, 0.15) is 50.0 Å². The molecule has 3 rings (SSSR count). The lowest BCUT2D eigenvalue weighted by Crippen LogP contribution is -2.55. The van der Waals surface area contributed by atoms with Crippen LogP contribution in [0.25, 0.3) is 11.0 Å². The molecule has 2 aromatic heterocycles. The van der Waals surface area contributed by atoms with Gasteiger partial charge in [0.15, 0.2) is 0 Å². The van der Waals surface area contributed by atoms with E-state index < -0.39 is 5.54 Å². The average molecular weight is 329 g/mol. The molecular formula is C17H23N5O2. The zero-order valence-corrected chi connectivity index (χ0v) is 14.1. The second-order valence-electron chi connectivity index (χ2n) is 6.63. The maximum atomic E-state index is 12.7. The van der Waals surface area contributed by atoms with Crippen LogP contribution in [0, 0.1) is 5.92 Å². The number of H-pyrrole nitrogens is 1. The molecule has 128 valence electrons. The van der Waals surface area contributed by atoms with E-state index in [0.717, 1.165) is 19.3 Å². The molecule has 1 unspecified atom stereocenters. The molecule has 1 aliphatic carbocycles. The van der Waals surface area contributed by atoms with Crippen LogP contribution in [-0.4, -0.2) is 38.8 Å². The summed E-state index contributed by atoms with van der Waals surface area (Å²) in [6, 6.07) is 1.79. The number of hydrogen-bond acceptors (Lipinski definition) is 4. The van der Waals surface area contributed by atoms with Crippen molar-refractivity contribution in [2.75, 3.05) is 6.54 Å². The van der Waals surface area contributed by atoms with Crippen molar-refractivity contribution in [3.8, 4) is 0 Å². The van der Waals surface area contributed by atoms with Gasteiger partial charge in [-0.3, -0.25) is 9.59 Å². The van der Waals surface area contributed by atoms with Crippen LogP contribution >= 0.6 is 0 Å². The van der Waals surface area contributed by atoms with Crippen molar-refractivity contribution in [3.05, 3.63) is 24.3 Å². The molecule has 1 fully saturated rings. The highest BCUT2D eigenvalue weighted by atomic mass is 16.2. The first-order chi connectivity index (χ1) is 11.5. The van der Waals surface area contributed by atoms with Crippen molar-refractivity contribution >= 4 is 22.8 Å². The second kappa shape index (κ2) is 6.59. The molecule has 0 aromatic carbocycles. The number of aromatic nitrogens is 3. The molecular weight excluding hydrogens is 306 g/mol. The molecule has 1 saturated carbocycles. The number of carbonyl (C=O) groups is 2. The van der Waals surface area contributed by atoms with E-state index in [9.17, 15) is 9.59 Å². The highest BCUT2D eigenvalue weighted by molar-refractivity contribution is 6.03. The van der Waals surface area contributed by atoms with Gasteiger partial charge in [-0.05, 0) is 38.2 Å². The van der Waals surface area contributed by atoms with Crippen molar-refractivity contribution in [1.29, 1.82) is 0 Å². The number of rotatable bonds is 7. The van der Waals surface area contributed by atoms with Crippen LogP contribution in [0.4, 0.5) is 0 Å². The highest BCUT2D eigenvalue weighted by Crippen LogP contribution is 2.39. The Morgan fingerprint density at radius 2 is 2.17 bits per heavy atom. The van der Waals surface area contributed by atoms with Gasteiger partial charge in [0.2, 0.25) is 5.91 Å². The molecule has 0 bridgehead atoms. The van der Waals surface area contributed by atoms with Crippen molar-refractivity contribution < 1.29 is 9.59 Å². The SMILES string of the molecule is CCCC(=O)NCC(C)(NC(=O)c1ncnc2[nH]ccc12)C1CC1. The van der Waals surface area contributed by atoms with Crippen molar-refractivity contribution in [3.63, 3.8) is 0 Å². The molecule has 7 heteroatoms. The largest absolute Gasteiger partial charge is 0.354 e. The van der Waals surface area contributed by atoms with Crippen molar-refractivity contribution in [2.45, 2.75) is 45.1 Å². The van der Waals surface area contributed by atoms with Crippen LogP contribution < -0.4 is 10.6 Å². The monoisotopic (exact) mass is 329 g/mol. The zero-order chi connectivity index (χ0) is 17.2. The number of aromatic amines is 1. The van der Waals surface area contributed by atoms with E-state index in [4.69, 9.17) is 0 Å². The third-order valence-electron chi connectivity index (χ3n) is 4.58. The number of carbonyl (C=O) groups excluding carboxylic acids is 2. The standard InChI is InChI=1S/C17H23N5O2/c1-3-4-13(23)19-9-17(2,11-5-6-11)22-16(24)14-12-7-8-18-15(12)21-10-20-14/h7-8,10-11H,3-6,9H2,1-2H3,(H,19,23)(H,22,24)(H,18,20,21). The highest BCUT2D eigenvalue weighted by Gasteiger charge is 2.43. The van der Waals surface area contributed by atoms with Crippen LogP contribution in [0.2, 0.25) is 0 Å². The molecule has 2 amide bonds. The number of nitrogens with zero attached hydrogens (tertiary/aromatic N) is 2.